The van der Waals surface area contributed by atoms with Gasteiger partial charge in [-0.05, 0) is 19.8 Å². The van der Waals surface area contributed by atoms with E-state index in [0.29, 0.717) is 30.2 Å². The van der Waals surface area contributed by atoms with Gasteiger partial charge < -0.3 is 9.30 Å². The summed E-state index contributed by atoms with van der Waals surface area (Å²) in [7, 11) is 4.86. The second-order valence-electron chi connectivity index (χ2n) is 6.92. The molecule has 2 aromatic rings. The van der Waals surface area contributed by atoms with Gasteiger partial charge in [-0.15, -0.1) is 0 Å². The molecule has 0 aliphatic heterocycles. The molecule has 0 amide bonds. The highest BCUT2D eigenvalue weighted by atomic mass is 16.5. The van der Waals surface area contributed by atoms with E-state index in [1.165, 1.54) is 24.5 Å². The van der Waals surface area contributed by atoms with Crippen molar-refractivity contribution in [3.63, 3.8) is 0 Å². The molecule has 7 heteroatoms. The zero-order valence-corrected chi connectivity index (χ0v) is 15.4. The zero-order chi connectivity index (χ0) is 18.1. The molecule has 2 heterocycles. The molecule has 1 aliphatic rings. The molecule has 3 rings (SSSR count). The number of fused-ring (bicyclic) bond motifs is 1. The van der Waals surface area contributed by atoms with Crippen LogP contribution in [0.2, 0.25) is 0 Å². The third-order valence-corrected chi connectivity index (χ3v) is 5.09. The van der Waals surface area contributed by atoms with E-state index in [2.05, 4.69) is 6.08 Å². The minimum absolute atomic E-state index is 0.285. The van der Waals surface area contributed by atoms with Gasteiger partial charge in [-0.1, -0.05) is 24.5 Å². The molecule has 0 spiro atoms. The van der Waals surface area contributed by atoms with Crippen LogP contribution < -0.4 is 11.2 Å². The van der Waals surface area contributed by atoms with Gasteiger partial charge in [-0.2, -0.15) is 0 Å². The number of imidazole rings is 1. The summed E-state index contributed by atoms with van der Waals surface area (Å²) in [6.07, 6.45) is 6.59. The van der Waals surface area contributed by atoms with Crippen LogP contribution in [0.5, 0.6) is 0 Å². The molecule has 0 saturated heterocycles. The van der Waals surface area contributed by atoms with Gasteiger partial charge >= 0.3 is 5.69 Å². The molecule has 0 bridgehead atoms. The van der Waals surface area contributed by atoms with Crippen molar-refractivity contribution in [1.82, 2.24) is 18.7 Å². The summed E-state index contributed by atoms with van der Waals surface area (Å²) in [5.74, 6) is 1.27. The fraction of sp³-hybridized carbons (Fsp3) is 0.611. The molecule has 0 unspecified atom stereocenters. The molecule has 0 radical (unpaired) electrons. The van der Waals surface area contributed by atoms with Crippen LogP contribution in [0.3, 0.4) is 0 Å². The van der Waals surface area contributed by atoms with Gasteiger partial charge in [0.1, 0.15) is 5.82 Å². The topological polar surface area (TPSA) is 71.1 Å². The van der Waals surface area contributed by atoms with E-state index in [-0.39, 0.29) is 11.2 Å². The van der Waals surface area contributed by atoms with E-state index in [4.69, 9.17) is 9.72 Å². The van der Waals surface area contributed by atoms with Gasteiger partial charge in [0.05, 0.1) is 6.61 Å². The standard InChI is InChI=1S/C18H26N4O3/c1-12(11-25-4)9-10-22-14-16(19-15(22)13-7-5-6-8-13)20(2)18(24)21(3)17(14)23/h9,13H,5-8,10-11H2,1-4H3/b12-9-. The quantitative estimate of drug-likeness (QED) is 0.773. The number of hydrogen-bond donors (Lipinski definition) is 0. The minimum Gasteiger partial charge on any atom is -0.380 e. The SMILES string of the molecule is COC/C(C)=C\Cn1c(C2CCCC2)nc2c1c(=O)n(C)c(=O)n2C. The fourth-order valence-corrected chi connectivity index (χ4v) is 3.68. The van der Waals surface area contributed by atoms with Crippen molar-refractivity contribution >= 4 is 11.2 Å². The molecule has 0 N–H and O–H groups in total. The van der Waals surface area contributed by atoms with E-state index < -0.39 is 0 Å². The summed E-state index contributed by atoms with van der Waals surface area (Å²) >= 11 is 0. The van der Waals surface area contributed by atoms with E-state index in [1.807, 2.05) is 11.5 Å². The second-order valence-corrected chi connectivity index (χ2v) is 6.92. The monoisotopic (exact) mass is 346 g/mol. The van der Waals surface area contributed by atoms with Crippen LogP contribution in [0, 0.1) is 0 Å². The predicted molar refractivity (Wildman–Crippen MR) is 97.1 cm³/mol. The Bertz CT molecular complexity index is 926. The lowest BCUT2D eigenvalue weighted by Gasteiger charge is -2.12. The van der Waals surface area contributed by atoms with Gasteiger partial charge in [0.2, 0.25) is 0 Å². The lowest BCUT2D eigenvalue weighted by atomic mass is 10.1. The maximum atomic E-state index is 12.8. The average molecular weight is 346 g/mol. The molecule has 0 aromatic carbocycles. The smallest absolute Gasteiger partial charge is 0.332 e. The van der Waals surface area contributed by atoms with E-state index >= 15 is 0 Å². The van der Waals surface area contributed by atoms with Crippen LogP contribution in [-0.4, -0.2) is 32.4 Å². The maximum absolute atomic E-state index is 12.8. The lowest BCUT2D eigenvalue weighted by Crippen LogP contribution is -2.37. The zero-order valence-electron chi connectivity index (χ0n) is 15.4. The first-order chi connectivity index (χ1) is 12.0. The van der Waals surface area contributed by atoms with Crippen LogP contribution in [0.1, 0.15) is 44.3 Å². The van der Waals surface area contributed by atoms with Gasteiger partial charge in [0.25, 0.3) is 5.56 Å². The van der Waals surface area contributed by atoms with Crippen molar-refractivity contribution in [1.29, 1.82) is 0 Å². The minimum atomic E-state index is -0.341. The molecule has 1 saturated carbocycles. The van der Waals surface area contributed by atoms with Crippen LogP contribution in [-0.2, 0) is 25.4 Å². The largest absolute Gasteiger partial charge is 0.380 e. The number of rotatable bonds is 5. The molecule has 1 fully saturated rings. The van der Waals surface area contributed by atoms with Crippen LogP contribution >= 0.6 is 0 Å². The average Bonchev–Trinajstić information content (AvgIpc) is 3.23. The number of aryl methyl sites for hydroxylation is 1. The molecule has 1 aliphatic carbocycles. The Kier molecular flexibility index (Phi) is 4.94. The molecular formula is C18H26N4O3. The molecule has 136 valence electrons. The fourth-order valence-electron chi connectivity index (χ4n) is 3.68. The maximum Gasteiger partial charge on any atom is 0.332 e. The van der Waals surface area contributed by atoms with E-state index in [1.54, 1.807) is 14.2 Å². The van der Waals surface area contributed by atoms with Crippen molar-refractivity contribution in [2.45, 2.75) is 45.1 Å². The van der Waals surface area contributed by atoms with Crippen LogP contribution in [0.15, 0.2) is 21.2 Å². The molecule has 0 atom stereocenters. The summed E-state index contributed by atoms with van der Waals surface area (Å²) < 4.78 is 9.78. The molecule has 7 nitrogen and oxygen atoms in total. The van der Waals surface area contributed by atoms with Crippen molar-refractivity contribution < 1.29 is 4.74 Å². The first kappa shape index (κ1) is 17.7. The molecule has 25 heavy (non-hydrogen) atoms. The normalized spacial score (nSPS) is 16.2. The highest BCUT2D eigenvalue weighted by Gasteiger charge is 2.26. The molecule has 2 aromatic heterocycles. The van der Waals surface area contributed by atoms with Crippen molar-refractivity contribution in [3.8, 4) is 0 Å². The Morgan fingerprint density at radius 2 is 1.92 bits per heavy atom. The van der Waals surface area contributed by atoms with Gasteiger partial charge in [0.15, 0.2) is 11.2 Å². The summed E-state index contributed by atoms with van der Waals surface area (Å²) in [5, 5.41) is 0. The number of nitrogens with zero attached hydrogens (tertiary/aromatic N) is 4. The van der Waals surface area contributed by atoms with Crippen molar-refractivity contribution in [2.75, 3.05) is 13.7 Å². The highest BCUT2D eigenvalue weighted by molar-refractivity contribution is 5.71. The summed E-state index contributed by atoms with van der Waals surface area (Å²) in [6.45, 7) is 3.12. The second kappa shape index (κ2) is 7.00. The lowest BCUT2D eigenvalue weighted by molar-refractivity contribution is 0.225. The Morgan fingerprint density at radius 1 is 1.24 bits per heavy atom. The summed E-state index contributed by atoms with van der Waals surface area (Å²) in [4.78, 5) is 29.7. The number of hydrogen-bond acceptors (Lipinski definition) is 4. The third kappa shape index (κ3) is 3.08. The Labute approximate surface area is 146 Å². The first-order valence-corrected chi connectivity index (χ1v) is 8.76. The summed E-state index contributed by atoms with van der Waals surface area (Å²) in [6, 6.07) is 0. The number of allylic oxidation sites excluding steroid dienone is 1. The van der Waals surface area contributed by atoms with Gasteiger partial charge in [-0.3, -0.25) is 13.9 Å². The van der Waals surface area contributed by atoms with Crippen LogP contribution in [0.4, 0.5) is 0 Å². The number of ether oxygens (including phenoxy) is 1. The Hall–Kier alpha value is -2.15. The number of methoxy groups -OCH3 is 1. The predicted octanol–water partition coefficient (Wildman–Crippen LogP) is 1.68. The van der Waals surface area contributed by atoms with E-state index in [0.717, 1.165) is 28.8 Å². The van der Waals surface area contributed by atoms with Gasteiger partial charge in [-0.25, -0.2) is 9.78 Å². The Morgan fingerprint density at radius 3 is 2.56 bits per heavy atom. The number of aromatic nitrogens is 4. The highest BCUT2D eigenvalue weighted by Crippen LogP contribution is 2.34. The first-order valence-electron chi connectivity index (χ1n) is 8.76. The van der Waals surface area contributed by atoms with E-state index in [9.17, 15) is 9.59 Å². The van der Waals surface area contributed by atoms with Gasteiger partial charge in [0, 0.05) is 33.7 Å². The van der Waals surface area contributed by atoms with Crippen molar-refractivity contribution in [2.24, 2.45) is 14.1 Å². The van der Waals surface area contributed by atoms with Crippen LogP contribution in [0.25, 0.3) is 11.2 Å². The third-order valence-electron chi connectivity index (χ3n) is 5.09. The molecular weight excluding hydrogens is 320 g/mol. The Balaban J connectivity index is 2.23. The summed E-state index contributed by atoms with van der Waals surface area (Å²) in [5.41, 5.74) is 1.46. The van der Waals surface area contributed by atoms with Crippen molar-refractivity contribution in [3.05, 3.63) is 38.3 Å².